The van der Waals surface area contributed by atoms with E-state index in [2.05, 4.69) is 19.9 Å². The molecule has 8 unspecified atom stereocenters. The molecule has 0 aromatic rings. The van der Waals surface area contributed by atoms with Gasteiger partial charge >= 0.3 is 0 Å². The first-order valence-electron chi connectivity index (χ1n) is 14.1. The maximum atomic E-state index is 10.1. The number of nitrogens with zero attached hydrogens (tertiary/aromatic N) is 1. The fourth-order valence-electron chi connectivity index (χ4n) is 9.07. The minimum Gasteiger partial charge on any atom is -0.198 e. The van der Waals surface area contributed by atoms with Crippen LogP contribution in [0.2, 0.25) is 0 Å². The fourth-order valence-corrected chi connectivity index (χ4v) is 9.07. The molecule has 0 aliphatic heterocycles. The van der Waals surface area contributed by atoms with E-state index in [-0.39, 0.29) is 5.41 Å². The molecule has 0 amide bonds. The molecule has 8 atom stereocenters. The molecule has 1 heteroatoms. The molecule has 0 spiro atoms. The van der Waals surface area contributed by atoms with Crippen LogP contribution in [-0.4, -0.2) is 0 Å². The van der Waals surface area contributed by atoms with Crippen LogP contribution in [0.3, 0.4) is 0 Å². The Morgan fingerprint density at radius 1 is 0.733 bits per heavy atom. The van der Waals surface area contributed by atoms with Crippen molar-refractivity contribution in [3.8, 4) is 6.07 Å². The van der Waals surface area contributed by atoms with E-state index in [1.54, 1.807) is 12.8 Å². The summed E-state index contributed by atoms with van der Waals surface area (Å²) in [6.07, 6.45) is 25.3. The Balaban J connectivity index is 1.38. The molecule has 4 rings (SSSR count). The highest BCUT2D eigenvalue weighted by atomic mass is 14.6. The van der Waals surface area contributed by atoms with Gasteiger partial charge in [-0.2, -0.15) is 5.26 Å². The summed E-state index contributed by atoms with van der Waals surface area (Å²) in [5.41, 5.74) is 0.0367. The van der Waals surface area contributed by atoms with Crippen LogP contribution in [-0.2, 0) is 0 Å². The van der Waals surface area contributed by atoms with E-state index in [1.807, 2.05) is 0 Å². The zero-order valence-electron chi connectivity index (χ0n) is 20.2. The summed E-state index contributed by atoms with van der Waals surface area (Å²) in [6.45, 7) is 4.66. The Kier molecular flexibility index (Phi) is 7.86. The van der Waals surface area contributed by atoms with Crippen molar-refractivity contribution in [3.05, 3.63) is 0 Å². The SMILES string of the molecule is CCCCCCC1(C#N)CCC2C(CCC3C4CCCC(CCCC)C4CCC23)C1. The molecule has 0 N–H and O–H groups in total. The van der Waals surface area contributed by atoms with Gasteiger partial charge in [0.05, 0.1) is 11.5 Å². The lowest BCUT2D eigenvalue weighted by Gasteiger charge is -2.57. The molecule has 4 saturated carbocycles. The molecule has 0 bridgehead atoms. The van der Waals surface area contributed by atoms with Crippen LogP contribution in [0.4, 0.5) is 0 Å². The van der Waals surface area contributed by atoms with E-state index in [9.17, 15) is 5.26 Å². The lowest BCUT2D eigenvalue weighted by molar-refractivity contribution is -0.0718. The van der Waals surface area contributed by atoms with Gasteiger partial charge in [-0.25, -0.2) is 0 Å². The normalized spacial score (nSPS) is 43.2. The highest BCUT2D eigenvalue weighted by Crippen LogP contribution is 2.60. The molecular weight excluding hydrogens is 362 g/mol. The summed E-state index contributed by atoms with van der Waals surface area (Å²) in [5, 5.41) is 10.1. The summed E-state index contributed by atoms with van der Waals surface area (Å²) in [5.74, 6) is 7.11. The molecule has 0 aromatic heterocycles. The van der Waals surface area contributed by atoms with Gasteiger partial charge < -0.3 is 0 Å². The van der Waals surface area contributed by atoms with Crippen molar-refractivity contribution in [2.24, 2.45) is 46.8 Å². The standard InChI is InChI=1S/C29H49N/c1-3-5-7-8-18-29(21-30)19-17-25-23(20-29)13-14-28-26-12-9-11-22(10-6-4-2)24(26)15-16-27(25)28/h22-28H,3-20H2,1-2H3. The Bertz CT molecular complexity index is 575. The van der Waals surface area contributed by atoms with Gasteiger partial charge in [0, 0.05) is 0 Å². The van der Waals surface area contributed by atoms with E-state index in [0.29, 0.717) is 0 Å². The number of unbranched alkanes of at least 4 members (excludes halogenated alkanes) is 4. The number of rotatable bonds is 8. The van der Waals surface area contributed by atoms with Crippen molar-refractivity contribution < 1.29 is 0 Å². The second kappa shape index (κ2) is 10.4. The Morgan fingerprint density at radius 2 is 1.47 bits per heavy atom. The largest absolute Gasteiger partial charge is 0.198 e. The van der Waals surface area contributed by atoms with Crippen LogP contribution in [0.25, 0.3) is 0 Å². The quantitative estimate of drug-likeness (QED) is 0.366. The second-order valence-electron chi connectivity index (χ2n) is 12.0. The Labute approximate surface area is 187 Å². The van der Waals surface area contributed by atoms with Gasteiger partial charge in [0.25, 0.3) is 0 Å². The van der Waals surface area contributed by atoms with Crippen molar-refractivity contribution in [3.63, 3.8) is 0 Å². The maximum Gasteiger partial charge on any atom is 0.0689 e. The summed E-state index contributed by atoms with van der Waals surface area (Å²) < 4.78 is 0. The topological polar surface area (TPSA) is 23.8 Å². The lowest BCUT2D eigenvalue weighted by atomic mass is 9.48. The van der Waals surface area contributed by atoms with Gasteiger partial charge in [-0.05, 0) is 99.2 Å². The Hall–Kier alpha value is -0.510. The lowest BCUT2D eigenvalue weighted by Crippen LogP contribution is -2.49. The van der Waals surface area contributed by atoms with Crippen LogP contribution in [0.1, 0.15) is 129 Å². The highest BCUT2D eigenvalue weighted by Gasteiger charge is 2.52. The van der Waals surface area contributed by atoms with Crippen molar-refractivity contribution in [2.75, 3.05) is 0 Å². The van der Waals surface area contributed by atoms with Crippen molar-refractivity contribution >= 4 is 0 Å². The molecule has 30 heavy (non-hydrogen) atoms. The predicted octanol–water partition coefficient (Wildman–Crippen LogP) is 8.93. The first-order chi connectivity index (χ1) is 14.7. The number of hydrogen-bond donors (Lipinski definition) is 0. The van der Waals surface area contributed by atoms with E-state index < -0.39 is 0 Å². The molecule has 170 valence electrons. The zero-order valence-corrected chi connectivity index (χ0v) is 20.2. The van der Waals surface area contributed by atoms with Gasteiger partial charge in [0.1, 0.15) is 0 Å². The van der Waals surface area contributed by atoms with Crippen molar-refractivity contribution in [1.29, 1.82) is 5.26 Å². The zero-order chi connectivity index (χ0) is 21.0. The molecule has 1 nitrogen and oxygen atoms in total. The molecule has 4 aliphatic rings. The molecule has 4 fully saturated rings. The molecule has 0 heterocycles. The summed E-state index contributed by atoms with van der Waals surface area (Å²) >= 11 is 0. The third-order valence-corrected chi connectivity index (χ3v) is 10.5. The van der Waals surface area contributed by atoms with Crippen LogP contribution >= 0.6 is 0 Å². The first-order valence-corrected chi connectivity index (χ1v) is 14.1. The van der Waals surface area contributed by atoms with Crippen molar-refractivity contribution in [2.45, 2.75) is 129 Å². The Morgan fingerprint density at radius 3 is 2.27 bits per heavy atom. The van der Waals surface area contributed by atoms with E-state index in [1.165, 1.54) is 103 Å². The molecule has 0 saturated heterocycles. The third kappa shape index (κ3) is 4.64. The maximum absolute atomic E-state index is 10.1. The van der Waals surface area contributed by atoms with E-state index in [0.717, 1.165) is 41.4 Å². The summed E-state index contributed by atoms with van der Waals surface area (Å²) in [4.78, 5) is 0. The van der Waals surface area contributed by atoms with Gasteiger partial charge in [-0.1, -0.05) is 71.6 Å². The van der Waals surface area contributed by atoms with Gasteiger partial charge in [0.2, 0.25) is 0 Å². The smallest absolute Gasteiger partial charge is 0.0689 e. The number of nitriles is 1. The van der Waals surface area contributed by atoms with E-state index >= 15 is 0 Å². The minimum atomic E-state index is 0.0367. The van der Waals surface area contributed by atoms with Crippen LogP contribution < -0.4 is 0 Å². The van der Waals surface area contributed by atoms with E-state index in [4.69, 9.17) is 0 Å². The molecule has 0 aromatic carbocycles. The monoisotopic (exact) mass is 411 g/mol. The highest BCUT2D eigenvalue weighted by molar-refractivity contribution is 5.07. The number of hydrogen-bond acceptors (Lipinski definition) is 1. The van der Waals surface area contributed by atoms with Gasteiger partial charge in [-0.15, -0.1) is 0 Å². The van der Waals surface area contributed by atoms with Gasteiger partial charge in [-0.3, -0.25) is 0 Å². The van der Waals surface area contributed by atoms with Crippen molar-refractivity contribution in [1.82, 2.24) is 0 Å². The molecule has 4 aliphatic carbocycles. The van der Waals surface area contributed by atoms with Crippen LogP contribution in [0.5, 0.6) is 0 Å². The average molecular weight is 412 g/mol. The first kappa shape index (κ1) is 22.7. The third-order valence-electron chi connectivity index (χ3n) is 10.5. The second-order valence-corrected chi connectivity index (χ2v) is 12.0. The average Bonchev–Trinajstić information content (AvgIpc) is 2.79. The summed E-state index contributed by atoms with van der Waals surface area (Å²) in [7, 11) is 0. The van der Waals surface area contributed by atoms with Crippen LogP contribution in [0, 0.1) is 58.2 Å². The molecular formula is C29H49N. The summed E-state index contributed by atoms with van der Waals surface area (Å²) in [6, 6.07) is 2.87. The predicted molar refractivity (Wildman–Crippen MR) is 127 cm³/mol. The molecule has 0 radical (unpaired) electrons. The van der Waals surface area contributed by atoms with Gasteiger partial charge in [0.15, 0.2) is 0 Å². The number of fused-ring (bicyclic) bond motifs is 5. The fraction of sp³-hybridized carbons (Fsp3) is 0.966. The van der Waals surface area contributed by atoms with Crippen LogP contribution in [0.15, 0.2) is 0 Å². The minimum absolute atomic E-state index is 0.0367.